The Bertz CT molecular complexity index is 725. The van der Waals surface area contributed by atoms with Crippen LogP contribution in [0.4, 0.5) is 0 Å². The molecule has 2 aromatic rings. The van der Waals surface area contributed by atoms with E-state index in [0.29, 0.717) is 22.8 Å². The summed E-state index contributed by atoms with van der Waals surface area (Å²) in [6, 6.07) is 12.7. The fourth-order valence-corrected chi connectivity index (χ4v) is 2.48. The number of nitrogens with one attached hydrogen (secondary N) is 1. The maximum atomic E-state index is 12.6. The molecule has 0 spiro atoms. The molecule has 1 N–H and O–H groups in total. The monoisotopic (exact) mass is 329 g/mol. The van der Waals surface area contributed by atoms with Gasteiger partial charge in [-0.1, -0.05) is 18.2 Å². The molecule has 0 aromatic heterocycles. The van der Waals surface area contributed by atoms with Gasteiger partial charge in [-0.05, 0) is 43.7 Å². The Morgan fingerprint density at radius 2 is 1.50 bits per heavy atom. The lowest BCUT2D eigenvalue weighted by atomic mass is 9.93. The predicted molar refractivity (Wildman–Crippen MR) is 93.0 cm³/mol. The number of carbonyl (C=O) groups is 1. The van der Waals surface area contributed by atoms with Crippen LogP contribution in [0, 0.1) is 0 Å². The second-order valence-electron chi connectivity index (χ2n) is 5.85. The summed E-state index contributed by atoms with van der Waals surface area (Å²) in [6.45, 7) is 3.86. The molecule has 0 radical (unpaired) electrons. The van der Waals surface area contributed by atoms with Crippen molar-refractivity contribution >= 4 is 5.91 Å². The van der Waals surface area contributed by atoms with Crippen molar-refractivity contribution in [3.05, 3.63) is 53.6 Å². The molecule has 2 aromatic carbocycles. The number of hydrogen-bond acceptors (Lipinski definition) is 4. The number of para-hydroxylation sites is 1. The SMILES string of the molecule is COc1ccc(C(C)(C)NC(=O)c2ccccc2OC)cc1OC. The summed E-state index contributed by atoms with van der Waals surface area (Å²) >= 11 is 0. The number of ether oxygens (including phenoxy) is 3. The summed E-state index contributed by atoms with van der Waals surface area (Å²) < 4.78 is 15.9. The first-order valence-electron chi connectivity index (χ1n) is 7.61. The second-order valence-corrected chi connectivity index (χ2v) is 5.85. The maximum absolute atomic E-state index is 12.6. The first-order valence-corrected chi connectivity index (χ1v) is 7.61. The second kappa shape index (κ2) is 7.25. The topological polar surface area (TPSA) is 56.8 Å². The van der Waals surface area contributed by atoms with Crippen molar-refractivity contribution in [1.82, 2.24) is 5.32 Å². The molecule has 0 saturated heterocycles. The number of benzene rings is 2. The fourth-order valence-electron chi connectivity index (χ4n) is 2.48. The molecule has 0 aliphatic carbocycles. The molecule has 1 amide bonds. The van der Waals surface area contributed by atoms with E-state index in [9.17, 15) is 4.79 Å². The van der Waals surface area contributed by atoms with Crippen LogP contribution in [0.15, 0.2) is 42.5 Å². The fraction of sp³-hybridized carbons (Fsp3) is 0.316. The summed E-state index contributed by atoms with van der Waals surface area (Å²) in [5.41, 5.74) is 0.800. The molecule has 0 heterocycles. The summed E-state index contributed by atoms with van der Waals surface area (Å²) in [6.07, 6.45) is 0. The number of rotatable bonds is 6. The van der Waals surface area contributed by atoms with Gasteiger partial charge < -0.3 is 19.5 Å². The zero-order valence-electron chi connectivity index (χ0n) is 14.7. The Hall–Kier alpha value is -2.69. The highest BCUT2D eigenvalue weighted by Gasteiger charge is 2.26. The first kappa shape index (κ1) is 17.7. The van der Waals surface area contributed by atoms with E-state index >= 15 is 0 Å². The average Bonchev–Trinajstić information content (AvgIpc) is 2.60. The summed E-state index contributed by atoms with van der Waals surface area (Å²) in [4.78, 5) is 12.6. The number of amides is 1. The molecule has 0 atom stereocenters. The molecule has 0 aliphatic rings. The molecule has 24 heavy (non-hydrogen) atoms. The van der Waals surface area contributed by atoms with E-state index in [0.717, 1.165) is 5.56 Å². The van der Waals surface area contributed by atoms with Gasteiger partial charge in [0.25, 0.3) is 5.91 Å². The van der Waals surface area contributed by atoms with Crippen LogP contribution in [0.2, 0.25) is 0 Å². The molecule has 0 fully saturated rings. The zero-order valence-corrected chi connectivity index (χ0v) is 14.7. The normalized spacial score (nSPS) is 10.9. The Morgan fingerprint density at radius 3 is 2.12 bits per heavy atom. The zero-order chi connectivity index (χ0) is 17.7. The van der Waals surface area contributed by atoms with E-state index in [2.05, 4.69) is 5.32 Å². The van der Waals surface area contributed by atoms with E-state index in [4.69, 9.17) is 14.2 Å². The largest absolute Gasteiger partial charge is 0.496 e. The van der Waals surface area contributed by atoms with Crippen LogP contribution in [-0.4, -0.2) is 27.2 Å². The third-order valence-corrected chi connectivity index (χ3v) is 3.88. The molecule has 0 unspecified atom stereocenters. The molecule has 0 aliphatic heterocycles. The van der Waals surface area contributed by atoms with Gasteiger partial charge in [0.1, 0.15) is 5.75 Å². The van der Waals surface area contributed by atoms with Crippen LogP contribution < -0.4 is 19.5 Å². The summed E-state index contributed by atoms with van der Waals surface area (Å²) in [5, 5.41) is 3.04. The third-order valence-electron chi connectivity index (χ3n) is 3.88. The number of hydrogen-bond donors (Lipinski definition) is 1. The van der Waals surface area contributed by atoms with Gasteiger partial charge >= 0.3 is 0 Å². The van der Waals surface area contributed by atoms with Crippen LogP contribution in [0.25, 0.3) is 0 Å². The van der Waals surface area contributed by atoms with E-state index < -0.39 is 5.54 Å². The third kappa shape index (κ3) is 3.62. The van der Waals surface area contributed by atoms with Gasteiger partial charge in [0, 0.05) is 0 Å². The van der Waals surface area contributed by atoms with Crippen molar-refractivity contribution in [3.63, 3.8) is 0 Å². The van der Waals surface area contributed by atoms with Crippen LogP contribution in [0.1, 0.15) is 29.8 Å². The van der Waals surface area contributed by atoms with E-state index in [1.807, 2.05) is 38.1 Å². The van der Waals surface area contributed by atoms with Gasteiger partial charge in [0.05, 0.1) is 32.4 Å². The van der Waals surface area contributed by atoms with Crippen LogP contribution in [0.5, 0.6) is 17.2 Å². The Kier molecular flexibility index (Phi) is 5.34. The van der Waals surface area contributed by atoms with Gasteiger partial charge in [-0.15, -0.1) is 0 Å². The lowest BCUT2D eigenvalue weighted by molar-refractivity contribution is 0.0909. The molecule has 0 saturated carbocycles. The smallest absolute Gasteiger partial charge is 0.255 e. The quantitative estimate of drug-likeness (QED) is 0.883. The lowest BCUT2D eigenvalue weighted by Crippen LogP contribution is -2.41. The van der Waals surface area contributed by atoms with Gasteiger partial charge in [-0.3, -0.25) is 4.79 Å². The van der Waals surface area contributed by atoms with Gasteiger partial charge in [-0.25, -0.2) is 0 Å². The first-order chi connectivity index (χ1) is 11.4. The van der Waals surface area contributed by atoms with Crippen LogP contribution >= 0.6 is 0 Å². The van der Waals surface area contributed by atoms with Crippen molar-refractivity contribution < 1.29 is 19.0 Å². The summed E-state index contributed by atoms with van der Waals surface area (Å²) in [7, 11) is 4.72. The minimum atomic E-state index is -0.600. The van der Waals surface area contributed by atoms with E-state index in [-0.39, 0.29) is 5.91 Å². The molecule has 128 valence electrons. The molecular formula is C19H23NO4. The number of carbonyl (C=O) groups excluding carboxylic acids is 1. The lowest BCUT2D eigenvalue weighted by Gasteiger charge is -2.28. The summed E-state index contributed by atoms with van der Waals surface area (Å²) in [5.74, 6) is 1.60. The number of methoxy groups -OCH3 is 3. The minimum absolute atomic E-state index is 0.202. The van der Waals surface area contributed by atoms with Crippen LogP contribution in [0.3, 0.4) is 0 Å². The highest BCUT2D eigenvalue weighted by molar-refractivity contribution is 5.97. The molecule has 0 bridgehead atoms. The molecule has 5 nitrogen and oxygen atoms in total. The van der Waals surface area contributed by atoms with Gasteiger partial charge in [0.15, 0.2) is 11.5 Å². The maximum Gasteiger partial charge on any atom is 0.255 e. The van der Waals surface area contributed by atoms with Crippen molar-refractivity contribution in [2.45, 2.75) is 19.4 Å². The minimum Gasteiger partial charge on any atom is -0.496 e. The molecular weight excluding hydrogens is 306 g/mol. The van der Waals surface area contributed by atoms with Crippen molar-refractivity contribution in [1.29, 1.82) is 0 Å². The van der Waals surface area contributed by atoms with Gasteiger partial charge in [-0.2, -0.15) is 0 Å². The predicted octanol–water partition coefficient (Wildman–Crippen LogP) is 3.38. The van der Waals surface area contributed by atoms with E-state index in [1.165, 1.54) is 0 Å². The van der Waals surface area contributed by atoms with Crippen LogP contribution in [-0.2, 0) is 5.54 Å². The standard InChI is InChI=1S/C19H23NO4/c1-19(2,13-10-11-16(23-4)17(12-13)24-5)20-18(21)14-8-6-7-9-15(14)22-3/h6-12H,1-5H3,(H,20,21). The highest BCUT2D eigenvalue weighted by atomic mass is 16.5. The average molecular weight is 329 g/mol. The molecule has 2 rings (SSSR count). The van der Waals surface area contributed by atoms with Crippen molar-refractivity contribution in [2.24, 2.45) is 0 Å². The Morgan fingerprint density at radius 1 is 0.875 bits per heavy atom. The Balaban J connectivity index is 2.29. The Labute approximate surface area is 142 Å². The molecule has 5 heteroatoms. The van der Waals surface area contributed by atoms with Crippen molar-refractivity contribution in [3.8, 4) is 17.2 Å². The van der Waals surface area contributed by atoms with Gasteiger partial charge in [0.2, 0.25) is 0 Å². The highest BCUT2D eigenvalue weighted by Crippen LogP contribution is 2.32. The van der Waals surface area contributed by atoms with Crippen molar-refractivity contribution in [2.75, 3.05) is 21.3 Å². The van der Waals surface area contributed by atoms with E-state index in [1.54, 1.807) is 39.5 Å².